The van der Waals surface area contributed by atoms with Crippen LogP contribution in [0.5, 0.6) is 0 Å². The summed E-state index contributed by atoms with van der Waals surface area (Å²) >= 11 is 1.36. The van der Waals surface area contributed by atoms with E-state index in [0.29, 0.717) is 30.0 Å². The van der Waals surface area contributed by atoms with Gasteiger partial charge in [0.25, 0.3) is 0 Å². The predicted octanol–water partition coefficient (Wildman–Crippen LogP) is 2.40. The zero-order valence-electron chi connectivity index (χ0n) is 11.9. The quantitative estimate of drug-likeness (QED) is 0.799. The summed E-state index contributed by atoms with van der Waals surface area (Å²) in [6.07, 6.45) is 4.69. The molecule has 1 aromatic carbocycles. The van der Waals surface area contributed by atoms with Crippen LogP contribution in [-0.4, -0.2) is 27.8 Å². The third-order valence-corrected chi connectivity index (χ3v) is 4.07. The van der Waals surface area contributed by atoms with Crippen LogP contribution in [0, 0.1) is 5.82 Å². The molecule has 0 spiro atoms. The molecule has 0 unspecified atom stereocenters. The molecule has 2 rings (SSSR count). The smallest absolute Gasteiger partial charge is 0.220 e. The Bertz CT molecular complexity index is 600. The van der Waals surface area contributed by atoms with Crippen molar-refractivity contribution in [1.82, 2.24) is 14.9 Å². The molecule has 21 heavy (non-hydrogen) atoms. The zero-order valence-corrected chi connectivity index (χ0v) is 12.7. The van der Waals surface area contributed by atoms with Crippen molar-refractivity contribution < 1.29 is 9.18 Å². The molecule has 6 heteroatoms. The van der Waals surface area contributed by atoms with Gasteiger partial charge in [-0.25, -0.2) is 9.37 Å². The van der Waals surface area contributed by atoms with E-state index in [9.17, 15) is 9.18 Å². The number of amides is 1. The lowest BCUT2D eigenvalue weighted by molar-refractivity contribution is -0.120. The van der Waals surface area contributed by atoms with E-state index in [1.54, 1.807) is 24.4 Å². The minimum Gasteiger partial charge on any atom is -0.356 e. The molecule has 0 fully saturated rings. The Kier molecular flexibility index (Phi) is 5.80. The molecule has 1 N–H and O–H groups in total. The Morgan fingerprint density at radius 2 is 2.24 bits per heavy atom. The van der Waals surface area contributed by atoms with Crippen LogP contribution < -0.4 is 5.32 Å². The van der Waals surface area contributed by atoms with Gasteiger partial charge in [-0.1, -0.05) is 12.1 Å². The fourth-order valence-electron chi connectivity index (χ4n) is 1.85. The molecule has 0 aliphatic carbocycles. The number of carbonyl (C=O) groups is 1. The average molecular weight is 307 g/mol. The molecule has 2 aromatic rings. The van der Waals surface area contributed by atoms with E-state index in [2.05, 4.69) is 10.3 Å². The second kappa shape index (κ2) is 7.83. The topological polar surface area (TPSA) is 46.9 Å². The molecule has 0 bridgehead atoms. The van der Waals surface area contributed by atoms with Gasteiger partial charge >= 0.3 is 0 Å². The summed E-state index contributed by atoms with van der Waals surface area (Å²) in [6.45, 7) is 0.564. The van der Waals surface area contributed by atoms with Gasteiger partial charge in [0.1, 0.15) is 11.6 Å². The molecule has 0 aliphatic heterocycles. The zero-order chi connectivity index (χ0) is 15.1. The van der Waals surface area contributed by atoms with Gasteiger partial charge in [0.2, 0.25) is 5.91 Å². The Hall–Kier alpha value is -1.82. The van der Waals surface area contributed by atoms with Crippen molar-refractivity contribution in [2.45, 2.75) is 17.7 Å². The van der Waals surface area contributed by atoms with Crippen LogP contribution in [0.1, 0.15) is 12.2 Å². The molecule has 1 amide bonds. The first-order chi connectivity index (χ1) is 10.2. The second-order valence-electron chi connectivity index (χ2n) is 4.58. The molecule has 0 saturated heterocycles. The maximum Gasteiger partial charge on any atom is 0.220 e. The molecule has 4 nitrogen and oxygen atoms in total. The van der Waals surface area contributed by atoms with E-state index >= 15 is 0 Å². The highest BCUT2D eigenvalue weighted by molar-refractivity contribution is 7.99. The molecular formula is C15H18FN3OS. The summed E-state index contributed by atoms with van der Waals surface area (Å²) in [4.78, 5) is 16.5. The fraction of sp³-hybridized carbons (Fsp3) is 0.333. The number of rotatable bonds is 7. The first-order valence-electron chi connectivity index (χ1n) is 6.77. The van der Waals surface area contributed by atoms with Gasteiger partial charge in [-0.15, -0.1) is 11.8 Å². The molecule has 0 aliphatic rings. The maximum atomic E-state index is 13.4. The fourth-order valence-corrected chi connectivity index (χ4v) is 2.74. The van der Waals surface area contributed by atoms with Gasteiger partial charge in [-0.3, -0.25) is 4.79 Å². The molecule has 112 valence electrons. The number of imidazole rings is 1. The molecule has 0 atom stereocenters. The lowest BCUT2D eigenvalue weighted by atomic mass is 10.3. The number of nitrogens with one attached hydrogen (secondary N) is 1. The highest BCUT2D eigenvalue weighted by Crippen LogP contribution is 2.21. The predicted molar refractivity (Wildman–Crippen MR) is 81.7 cm³/mol. The van der Waals surface area contributed by atoms with Crippen molar-refractivity contribution in [3.8, 4) is 0 Å². The van der Waals surface area contributed by atoms with Crippen LogP contribution in [0.25, 0.3) is 0 Å². The standard InChI is InChI=1S/C15H18FN3OS/c1-19-10-9-17-14(19)6-8-18-15(20)7-11-21-13-5-3-2-4-12(13)16/h2-5,9-10H,6-8,11H2,1H3,(H,18,20). The van der Waals surface area contributed by atoms with Crippen molar-refractivity contribution in [3.63, 3.8) is 0 Å². The number of nitrogens with zero attached hydrogens (tertiary/aromatic N) is 2. The Morgan fingerprint density at radius 1 is 1.43 bits per heavy atom. The lowest BCUT2D eigenvalue weighted by Crippen LogP contribution is -2.26. The first-order valence-corrected chi connectivity index (χ1v) is 7.75. The van der Waals surface area contributed by atoms with E-state index in [1.165, 1.54) is 17.8 Å². The van der Waals surface area contributed by atoms with Crippen molar-refractivity contribution in [2.24, 2.45) is 7.05 Å². The van der Waals surface area contributed by atoms with Gasteiger partial charge in [0, 0.05) is 49.5 Å². The Morgan fingerprint density at radius 3 is 2.95 bits per heavy atom. The van der Waals surface area contributed by atoms with Crippen molar-refractivity contribution in [3.05, 3.63) is 48.3 Å². The van der Waals surface area contributed by atoms with E-state index in [4.69, 9.17) is 0 Å². The Balaban J connectivity index is 1.64. The number of hydrogen-bond donors (Lipinski definition) is 1. The van der Waals surface area contributed by atoms with Gasteiger partial charge in [0.05, 0.1) is 0 Å². The number of aryl methyl sites for hydroxylation is 1. The minimum atomic E-state index is -0.238. The highest BCUT2D eigenvalue weighted by Gasteiger charge is 2.05. The van der Waals surface area contributed by atoms with E-state index in [-0.39, 0.29) is 11.7 Å². The van der Waals surface area contributed by atoms with Crippen LogP contribution in [0.3, 0.4) is 0 Å². The summed E-state index contributed by atoms with van der Waals surface area (Å²) in [5, 5.41) is 2.85. The van der Waals surface area contributed by atoms with Crippen molar-refractivity contribution in [1.29, 1.82) is 0 Å². The second-order valence-corrected chi connectivity index (χ2v) is 5.72. The minimum absolute atomic E-state index is 0.0203. The third-order valence-electron chi connectivity index (χ3n) is 3.02. The van der Waals surface area contributed by atoms with E-state index in [1.807, 2.05) is 17.8 Å². The van der Waals surface area contributed by atoms with Crippen LogP contribution >= 0.6 is 11.8 Å². The molecule has 0 radical (unpaired) electrons. The first kappa shape index (κ1) is 15.6. The summed E-state index contributed by atoms with van der Waals surface area (Å²) in [7, 11) is 1.93. The number of hydrogen-bond acceptors (Lipinski definition) is 3. The number of halogens is 1. The molecular weight excluding hydrogens is 289 g/mol. The van der Waals surface area contributed by atoms with Gasteiger partial charge in [-0.05, 0) is 12.1 Å². The molecule has 1 aromatic heterocycles. The van der Waals surface area contributed by atoms with Crippen molar-refractivity contribution >= 4 is 17.7 Å². The normalized spacial score (nSPS) is 10.6. The monoisotopic (exact) mass is 307 g/mol. The van der Waals surface area contributed by atoms with Crippen LogP contribution in [-0.2, 0) is 18.3 Å². The number of thioether (sulfide) groups is 1. The summed E-state index contributed by atoms with van der Waals surface area (Å²) in [5.41, 5.74) is 0. The van der Waals surface area contributed by atoms with E-state index < -0.39 is 0 Å². The third kappa shape index (κ3) is 4.90. The number of benzene rings is 1. The summed E-state index contributed by atoms with van der Waals surface area (Å²) in [5.74, 6) is 1.25. The highest BCUT2D eigenvalue weighted by atomic mass is 32.2. The van der Waals surface area contributed by atoms with Gasteiger partial charge < -0.3 is 9.88 Å². The Labute approximate surface area is 127 Å². The van der Waals surface area contributed by atoms with Crippen molar-refractivity contribution in [2.75, 3.05) is 12.3 Å². The summed E-state index contributed by atoms with van der Waals surface area (Å²) in [6, 6.07) is 6.59. The van der Waals surface area contributed by atoms with Gasteiger partial charge in [0.15, 0.2) is 0 Å². The SMILES string of the molecule is Cn1ccnc1CCNC(=O)CCSc1ccccc1F. The maximum absolute atomic E-state index is 13.4. The molecule has 1 heterocycles. The number of aromatic nitrogens is 2. The molecule has 0 saturated carbocycles. The summed E-state index contributed by atoms with van der Waals surface area (Å²) < 4.78 is 15.3. The largest absolute Gasteiger partial charge is 0.356 e. The van der Waals surface area contributed by atoms with Crippen LogP contribution in [0.4, 0.5) is 4.39 Å². The van der Waals surface area contributed by atoms with Gasteiger partial charge in [-0.2, -0.15) is 0 Å². The lowest BCUT2D eigenvalue weighted by Gasteiger charge is -2.06. The van der Waals surface area contributed by atoms with Crippen LogP contribution in [0.2, 0.25) is 0 Å². The average Bonchev–Trinajstić information content (AvgIpc) is 2.87. The van der Waals surface area contributed by atoms with Crippen LogP contribution in [0.15, 0.2) is 41.6 Å². The van der Waals surface area contributed by atoms with E-state index in [0.717, 1.165) is 5.82 Å². The number of carbonyl (C=O) groups excluding carboxylic acids is 1.